The monoisotopic (exact) mass is 360 g/mol. The molecule has 0 radical (unpaired) electrons. The number of aryl methyl sites for hydroxylation is 1. The van der Waals surface area contributed by atoms with Gasteiger partial charge < -0.3 is 5.73 Å². The Labute approximate surface area is 153 Å². The molecule has 1 saturated carbocycles. The molecule has 2 aliphatic rings. The van der Waals surface area contributed by atoms with E-state index in [0.29, 0.717) is 5.56 Å². The minimum Gasteiger partial charge on any atom is -0.399 e. The van der Waals surface area contributed by atoms with Crippen LogP contribution >= 0.6 is 0 Å². The van der Waals surface area contributed by atoms with Crippen molar-refractivity contribution in [3.05, 3.63) is 46.7 Å². The predicted octanol–water partition coefficient (Wildman–Crippen LogP) is 0.215. The summed E-state index contributed by atoms with van der Waals surface area (Å²) in [5, 5.41) is 32.2. The third-order valence-corrected chi connectivity index (χ3v) is 5.08. The van der Waals surface area contributed by atoms with Crippen molar-refractivity contribution in [2.45, 2.75) is 12.8 Å². The molecule has 2 unspecified atom stereocenters. The number of allylic oxidation sites excluding steroid dienone is 2. The first-order valence-electron chi connectivity index (χ1n) is 7.76. The van der Waals surface area contributed by atoms with Crippen LogP contribution in [0.3, 0.4) is 0 Å². The summed E-state index contributed by atoms with van der Waals surface area (Å²) in [6.45, 7) is 1.83. The van der Waals surface area contributed by atoms with Crippen molar-refractivity contribution in [2.75, 3.05) is 0 Å². The number of carbonyl (C=O) groups is 3. The van der Waals surface area contributed by atoms with E-state index in [1.807, 2.05) is 23.6 Å². The molecule has 0 aromatic heterocycles. The Kier molecular flexibility index (Phi) is 3.72. The molecule has 9 heteroatoms. The van der Waals surface area contributed by atoms with E-state index in [0.717, 1.165) is 5.56 Å². The summed E-state index contributed by atoms with van der Waals surface area (Å²) in [5.41, 5.74) is 2.25. The highest BCUT2D eigenvalue weighted by atomic mass is 16.2. The first kappa shape index (κ1) is 17.7. The quantitative estimate of drug-likeness (QED) is 0.499. The number of benzene rings is 1. The number of nitrogens with zero attached hydrogens (tertiary/aromatic N) is 3. The zero-order chi connectivity index (χ0) is 20.0. The van der Waals surface area contributed by atoms with E-state index in [2.05, 4.69) is 0 Å². The number of barbiturate groups is 1. The Hall–Kier alpha value is -4.16. The lowest BCUT2D eigenvalue weighted by atomic mass is 9.86. The fourth-order valence-electron chi connectivity index (χ4n) is 3.82. The first-order chi connectivity index (χ1) is 12.8. The second-order valence-electron chi connectivity index (χ2n) is 6.32. The van der Waals surface area contributed by atoms with E-state index in [4.69, 9.17) is 16.3 Å². The van der Waals surface area contributed by atoms with Crippen molar-refractivity contribution in [1.29, 1.82) is 15.8 Å². The largest absolute Gasteiger partial charge is 0.399 e. The molecule has 4 amide bonds. The summed E-state index contributed by atoms with van der Waals surface area (Å²) in [5.74, 6) is -3.07. The molecular weight excluding hydrogens is 348 g/mol. The number of nitrogens with two attached hydrogens (primary N) is 1. The Morgan fingerprint density at radius 2 is 1.56 bits per heavy atom. The van der Waals surface area contributed by atoms with Gasteiger partial charge in [0.05, 0.1) is 11.8 Å². The Morgan fingerprint density at radius 1 is 1.04 bits per heavy atom. The van der Waals surface area contributed by atoms with Gasteiger partial charge in [0.1, 0.15) is 23.1 Å². The maximum Gasteiger partial charge on any atom is 0.328 e. The van der Waals surface area contributed by atoms with Crippen molar-refractivity contribution in [2.24, 2.45) is 16.6 Å². The van der Waals surface area contributed by atoms with Crippen LogP contribution < -0.4 is 16.4 Å². The van der Waals surface area contributed by atoms with Crippen molar-refractivity contribution in [3.8, 4) is 18.2 Å². The summed E-state index contributed by atoms with van der Waals surface area (Å²) < 4.78 is 0. The van der Waals surface area contributed by atoms with Crippen LogP contribution in [-0.2, 0) is 9.59 Å². The van der Waals surface area contributed by atoms with Gasteiger partial charge in [-0.25, -0.2) is 4.79 Å². The number of hydrogen-bond donors (Lipinski definition) is 3. The molecule has 2 atom stereocenters. The van der Waals surface area contributed by atoms with Crippen LogP contribution in [0.4, 0.5) is 4.79 Å². The summed E-state index contributed by atoms with van der Waals surface area (Å²) in [6, 6.07) is 10.7. The minimum absolute atomic E-state index is 0.444. The van der Waals surface area contributed by atoms with Crippen LogP contribution in [-0.4, -0.2) is 17.8 Å². The topological polar surface area (TPSA) is 173 Å². The summed E-state index contributed by atoms with van der Waals surface area (Å²) in [6.07, 6.45) is 0. The fourth-order valence-corrected chi connectivity index (χ4v) is 3.82. The maximum atomic E-state index is 12.7. The molecule has 3 rings (SSSR count). The fraction of sp³-hybridized carbons (Fsp3) is 0.222. The predicted molar refractivity (Wildman–Crippen MR) is 88.5 cm³/mol. The highest BCUT2D eigenvalue weighted by molar-refractivity contribution is 6.24. The molecule has 132 valence electrons. The second-order valence-corrected chi connectivity index (χ2v) is 6.32. The molecule has 2 fully saturated rings. The normalized spacial score (nSPS) is 24.7. The molecule has 1 aliphatic heterocycles. The standard InChI is InChI=1S/C18H12N6O3/c1-9-2-4-10(5-3-9)12-17(8-21,13(22)11(6-19)7-20)18(12)14(25)23-16(27)24-15(18)26/h2-5,12H,22H2,1H3,(H2,23,24,25,26,27). The Balaban J connectivity index is 2.33. The molecule has 9 nitrogen and oxygen atoms in total. The zero-order valence-corrected chi connectivity index (χ0v) is 14.0. The van der Waals surface area contributed by atoms with Gasteiger partial charge >= 0.3 is 6.03 Å². The molecular formula is C18H12N6O3. The number of rotatable bonds is 2. The SMILES string of the molecule is Cc1ccc(C2C(C#N)(C(N)=C(C#N)C#N)C23C(=O)NC(=O)NC3=O)cc1. The van der Waals surface area contributed by atoms with Crippen LogP contribution in [0.2, 0.25) is 0 Å². The van der Waals surface area contributed by atoms with Crippen LogP contribution in [0.25, 0.3) is 0 Å². The van der Waals surface area contributed by atoms with Gasteiger partial charge in [0.15, 0.2) is 5.41 Å². The molecule has 1 spiro atoms. The van der Waals surface area contributed by atoms with Gasteiger partial charge in [-0.2, -0.15) is 15.8 Å². The average Bonchev–Trinajstić information content (AvgIpc) is 3.27. The van der Waals surface area contributed by atoms with E-state index < -0.39 is 45.9 Å². The maximum absolute atomic E-state index is 12.7. The lowest BCUT2D eigenvalue weighted by Crippen LogP contribution is -2.59. The number of nitrogens with one attached hydrogen (secondary N) is 2. The number of urea groups is 1. The van der Waals surface area contributed by atoms with Crippen molar-refractivity contribution >= 4 is 17.8 Å². The van der Waals surface area contributed by atoms with Gasteiger partial charge in [-0.05, 0) is 12.5 Å². The van der Waals surface area contributed by atoms with Gasteiger partial charge in [0.25, 0.3) is 0 Å². The summed E-state index contributed by atoms with van der Waals surface area (Å²) >= 11 is 0. The molecule has 1 aromatic rings. The van der Waals surface area contributed by atoms with E-state index in [1.165, 1.54) is 0 Å². The number of nitriles is 3. The highest BCUT2D eigenvalue weighted by Crippen LogP contribution is 2.77. The van der Waals surface area contributed by atoms with E-state index in [9.17, 15) is 19.6 Å². The first-order valence-corrected chi connectivity index (χ1v) is 7.76. The van der Waals surface area contributed by atoms with E-state index in [1.54, 1.807) is 36.4 Å². The molecule has 1 heterocycles. The lowest BCUT2D eigenvalue weighted by Gasteiger charge is -2.23. The molecule has 1 saturated heterocycles. The average molecular weight is 360 g/mol. The van der Waals surface area contributed by atoms with Crippen LogP contribution in [0.15, 0.2) is 35.5 Å². The van der Waals surface area contributed by atoms with Crippen molar-refractivity contribution in [1.82, 2.24) is 10.6 Å². The number of carbonyl (C=O) groups excluding carboxylic acids is 3. The van der Waals surface area contributed by atoms with Crippen molar-refractivity contribution < 1.29 is 14.4 Å². The van der Waals surface area contributed by atoms with Crippen molar-refractivity contribution in [3.63, 3.8) is 0 Å². The third kappa shape index (κ3) is 1.98. The Bertz CT molecular complexity index is 1010. The summed E-state index contributed by atoms with van der Waals surface area (Å²) in [7, 11) is 0. The summed E-state index contributed by atoms with van der Waals surface area (Å²) in [4.78, 5) is 37.0. The molecule has 4 N–H and O–H groups in total. The highest BCUT2D eigenvalue weighted by Gasteiger charge is 2.88. The van der Waals surface area contributed by atoms with Crippen LogP contribution in [0.5, 0.6) is 0 Å². The molecule has 1 aliphatic carbocycles. The number of amides is 4. The molecule has 27 heavy (non-hydrogen) atoms. The minimum atomic E-state index is -2.06. The van der Waals surface area contributed by atoms with Crippen LogP contribution in [0.1, 0.15) is 17.0 Å². The van der Waals surface area contributed by atoms with Crippen LogP contribution in [0, 0.1) is 51.7 Å². The smallest absolute Gasteiger partial charge is 0.328 e. The number of hydrogen-bond acceptors (Lipinski definition) is 7. The van der Waals surface area contributed by atoms with E-state index in [-0.39, 0.29) is 0 Å². The second kappa shape index (κ2) is 5.69. The zero-order valence-electron chi connectivity index (χ0n) is 14.0. The van der Waals surface area contributed by atoms with Gasteiger partial charge in [0, 0.05) is 5.92 Å². The molecule has 1 aromatic carbocycles. The van der Waals surface area contributed by atoms with E-state index >= 15 is 0 Å². The van der Waals surface area contributed by atoms with Gasteiger partial charge in [0.2, 0.25) is 11.8 Å². The molecule has 0 bridgehead atoms. The lowest BCUT2D eigenvalue weighted by molar-refractivity contribution is -0.139. The van der Waals surface area contributed by atoms with Gasteiger partial charge in [-0.3, -0.25) is 20.2 Å². The number of imide groups is 2. The Morgan fingerprint density at radius 3 is 2.00 bits per heavy atom. The van der Waals surface area contributed by atoms with Gasteiger partial charge in [-0.15, -0.1) is 0 Å². The van der Waals surface area contributed by atoms with Gasteiger partial charge in [-0.1, -0.05) is 29.8 Å². The third-order valence-electron chi connectivity index (χ3n) is 5.08.